The SMILES string of the molecule is CCN(CCCO)c1c(N)n(CC)c(=O)[nH]c1=O. The molecule has 0 amide bonds. The van der Waals surface area contributed by atoms with Crippen LogP contribution in [-0.4, -0.2) is 34.4 Å². The number of hydrogen-bond donors (Lipinski definition) is 3. The second kappa shape index (κ2) is 6.25. The molecule has 0 radical (unpaired) electrons. The van der Waals surface area contributed by atoms with Crippen molar-refractivity contribution < 1.29 is 5.11 Å². The number of rotatable bonds is 6. The third-order valence-corrected chi connectivity index (χ3v) is 2.81. The van der Waals surface area contributed by atoms with E-state index in [2.05, 4.69) is 4.98 Å². The average molecular weight is 256 g/mol. The Morgan fingerprint density at radius 1 is 1.39 bits per heavy atom. The molecule has 18 heavy (non-hydrogen) atoms. The summed E-state index contributed by atoms with van der Waals surface area (Å²) in [6.45, 7) is 5.20. The van der Waals surface area contributed by atoms with Crippen molar-refractivity contribution in [3.63, 3.8) is 0 Å². The monoisotopic (exact) mass is 256 g/mol. The number of nitrogens with zero attached hydrogens (tertiary/aromatic N) is 2. The molecule has 1 aromatic heterocycles. The molecule has 0 aliphatic heterocycles. The first-order valence-electron chi connectivity index (χ1n) is 6.05. The Morgan fingerprint density at radius 3 is 2.56 bits per heavy atom. The van der Waals surface area contributed by atoms with Crippen LogP contribution in [0.4, 0.5) is 11.5 Å². The summed E-state index contributed by atoms with van der Waals surface area (Å²) in [7, 11) is 0. The zero-order valence-electron chi connectivity index (χ0n) is 10.8. The fourth-order valence-corrected chi connectivity index (χ4v) is 1.89. The van der Waals surface area contributed by atoms with Crippen molar-refractivity contribution in [3.8, 4) is 0 Å². The van der Waals surface area contributed by atoms with E-state index in [4.69, 9.17) is 10.8 Å². The van der Waals surface area contributed by atoms with Gasteiger partial charge in [0.05, 0.1) is 0 Å². The standard InChI is InChI=1S/C11H20N4O3/c1-3-14(6-5-7-16)8-9(12)15(4-2)11(18)13-10(8)17/h16H,3-7,12H2,1-2H3,(H,13,17,18). The summed E-state index contributed by atoms with van der Waals surface area (Å²) in [5.41, 5.74) is 5.20. The molecule has 4 N–H and O–H groups in total. The minimum atomic E-state index is -0.498. The highest BCUT2D eigenvalue weighted by atomic mass is 16.3. The number of aliphatic hydroxyl groups excluding tert-OH is 1. The summed E-state index contributed by atoms with van der Waals surface area (Å²) in [6, 6.07) is 0. The molecule has 0 atom stereocenters. The third-order valence-electron chi connectivity index (χ3n) is 2.81. The Balaban J connectivity index is 3.30. The van der Waals surface area contributed by atoms with Crippen molar-refractivity contribution in [3.05, 3.63) is 20.8 Å². The molecule has 0 aliphatic carbocycles. The van der Waals surface area contributed by atoms with Crippen molar-refractivity contribution in [1.29, 1.82) is 0 Å². The number of H-pyrrole nitrogens is 1. The van der Waals surface area contributed by atoms with Crippen molar-refractivity contribution in [2.75, 3.05) is 30.3 Å². The predicted octanol–water partition coefficient (Wildman–Crippen LogP) is -0.653. The van der Waals surface area contributed by atoms with Crippen LogP contribution in [0.2, 0.25) is 0 Å². The van der Waals surface area contributed by atoms with Gasteiger partial charge in [0.15, 0.2) is 0 Å². The second-order valence-electron chi connectivity index (χ2n) is 3.89. The molecule has 0 unspecified atom stereocenters. The quantitative estimate of drug-likeness (QED) is 0.627. The van der Waals surface area contributed by atoms with Gasteiger partial charge in [-0.15, -0.1) is 0 Å². The highest BCUT2D eigenvalue weighted by Crippen LogP contribution is 2.16. The van der Waals surface area contributed by atoms with E-state index in [1.807, 2.05) is 6.92 Å². The Labute approximate surface area is 105 Å². The van der Waals surface area contributed by atoms with Crippen molar-refractivity contribution >= 4 is 11.5 Å². The summed E-state index contributed by atoms with van der Waals surface area (Å²) in [5.74, 6) is 0.172. The Hall–Kier alpha value is -1.76. The molecular weight excluding hydrogens is 236 g/mol. The molecule has 7 nitrogen and oxygen atoms in total. The fourth-order valence-electron chi connectivity index (χ4n) is 1.89. The lowest BCUT2D eigenvalue weighted by Crippen LogP contribution is -2.38. The molecule has 0 aromatic carbocycles. The van der Waals surface area contributed by atoms with E-state index < -0.39 is 11.2 Å². The maximum atomic E-state index is 11.8. The van der Waals surface area contributed by atoms with Crippen LogP contribution in [0.15, 0.2) is 9.59 Å². The van der Waals surface area contributed by atoms with Crippen LogP contribution in [0.1, 0.15) is 20.3 Å². The van der Waals surface area contributed by atoms with E-state index in [1.165, 1.54) is 4.57 Å². The van der Waals surface area contributed by atoms with Gasteiger partial charge < -0.3 is 15.7 Å². The van der Waals surface area contributed by atoms with Gasteiger partial charge in [-0.25, -0.2) is 4.79 Å². The van der Waals surface area contributed by atoms with E-state index in [1.54, 1.807) is 11.8 Å². The molecule has 102 valence electrons. The first-order valence-corrected chi connectivity index (χ1v) is 6.05. The molecule has 1 aromatic rings. The molecule has 0 bridgehead atoms. The highest BCUT2D eigenvalue weighted by Gasteiger charge is 2.16. The summed E-state index contributed by atoms with van der Waals surface area (Å²) in [4.78, 5) is 27.4. The van der Waals surface area contributed by atoms with Crippen LogP contribution in [0.5, 0.6) is 0 Å². The maximum Gasteiger partial charge on any atom is 0.330 e. The van der Waals surface area contributed by atoms with E-state index in [0.29, 0.717) is 31.7 Å². The minimum absolute atomic E-state index is 0.0434. The number of nitrogens with two attached hydrogens (primary N) is 1. The topological polar surface area (TPSA) is 104 Å². The van der Waals surface area contributed by atoms with Crippen LogP contribution in [0.3, 0.4) is 0 Å². The van der Waals surface area contributed by atoms with Crippen LogP contribution in [0, 0.1) is 0 Å². The van der Waals surface area contributed by atoms with Gasteiger partial charge in [-0.3, -0.25) is 14.3 Å². The van der Waals surface area contributed by atoms with Gasteiger partial charge in [0.2, 0.25) is 0 Å². The number of nitrogen functional groups attached to an aromatic ring is 1. The van der Waals surface area contributed by atoms with Gasteiger partial charge >= 0.3 is 5.69 Å². The highest BCUT2D eigenvalue weighted by molar-refractivity contribution is 5.62. The normalized spacial score (nSPS) is 10.6. The lowest BCUT2D eigenvalue weighted by Gasteiger charge is -2.24. The number of aromatic amines is 1. The Morgan fingerprint density at radius 2 is 2.06 bits per heavy atom. The van der Waals surface area contributed by atoms with Crippen LogP contribution in [0.25, 0.3) is 0 Å². The molecule has 0 saturated heterocycles. The van der Waals surface area contributed by atoms with Crippen LogP contribution < -0.4 is 21.9 Å². The summed E-state index contributed by atoms with van der Waals surface area (Å²) < 4.78 is 1.32. The number of aliphatic hydroxyl groups is 1. The Kier molecular flexibility index (Phi) is 4.96. The lowest BCUT2D eigenvalue weighted by molar-refractivity contribution is 0.289. The van der Waals surface area contributed by atoms with Gasteiger partial charge in [0.25, 0.3) is 5.56 Å². The van der Waals surface area contributed by atoms with Gasteiger partial charge in [0.1, 0.15) is 11.5 Å². The van der Waals surface area contributed by atoms with Crippen molar-refractivity contribution in [2.24, 2.45) is 0 Å². The van der Waals surface area contributed by atoms with E-state index in [0.717, 1.165) is 0 Å². The third kappa shape index (κ3) is 2.73. The number of hydrogen-bond acceptors (Lipinski definition) is 5. The summed E-state index contributed by atoms with van der Waals surface area (Å²) in [6.07, 6.45) is 0.540. The van der Waals surface area contributed by atoms with Crippen LogP contribution in [-0.2, 0) is 6.54 Å². The van der Waals surface area contributed by atoms with Gasteiger partial charge in [-0.05, 0) is 20.3 Å². The van der Waals surface area contributed by atoms with E-state index in [9.17, 15) is 9.59 Å². The van der Waals surface area contributed by atoms with E-state index >= 15 is 0 Å². The van der Waals surface area contributed by atoms with Gasteiger partial charge in [0, 0.05) is 26.2 Å². The van der Waals surface area contributed by atoms with E-state index in [-0.39, 0.29) is 12.4 Å². The zero-order chi connectivity index (χ0) is 13.7. The molecule has 1 rings (SSSR count). The number of aromatic nitrogens is 2. The molecule has 0 aliphatic rings. The first-order chi connectivity index (χ1) is 8.56. The predicted molar refractivity (Wildman–Crippen MR) is 71.0 cm³/mol. The summed E-state index contributed by atoms with van der Waals surface area (Å²) >= 11 is 0. The smallest absolute Gasteiger partial charge is 0.330 e. The summed E-state index contributed by atoms with van der Waals surface area (Å²) in [5, 5.41) is 8.84. The van der Waals surface area contributed by atoms with Crippen LogP contribution >= 0.6 is 0 Å². The molecule has 0 fully saturated rings. The minimum Gasteiger partial charge on any atom is -0.396 e. The lowest BCUT2D eigenvalue weighted by atomic mass is 10.3. The zero-order valence-corrected chi connectivity index (χ0v) is 10.8. The number of anilines is 2. The van der Waals surface area contributed by atoms with Gasteiger partial charge in [-0.1, -0.05) is 0 Å². The fraction of sp³-hybridized carbons (Fsp3) is 0.636. The molecule has 7 heteroatoms. The largest absolute Gasteiger partial charge is 0.396 e. The Bertz CT molecular complexity index is 506. The molecule has 0 spiro atoms. The average Bonchev–Trinajstić information content (AvgIpc) is 2.33. The number of nitrogens with one attached hydrogen (secondary N) is 1. The second-order valence-corrected chi connectivity index (χ2v) is 3.89. The first kappa shape index (κ1) is 14.3. The molecule has 0 saturated carbocycles. The van der Waals surface area contributed by atoms with Crippen molar-refractivity contribution in [2.45, 2.75) is 26.8 Å². The molecular formula is C11H20N4O3. The van der Waals surface area contributed by atoms with Gasteiger partial charge in [-0.2, -0.15) is 0 Å². The molecule has 1 heterocycles. The maximum absolute atomic E-state index is 11.8. The van der Waals surface area contributed by atoms with Crippen molar-refractivity contribution in [1.82, 2.24) is 9.55 Å².